The number of para-hydroxylation sites is 1. The lowest BCUT2D eigenvalue weighted by molar-refractivity contribution is 0.0231. The van der Waals surface area contributed by atoms with Crippen LogP contribution in [-0.2, 0) is 0 Å². The van der Waals surface area contributed by atoms with Crippen LogP contribution in [0.15, 0.2) is 24.3 Å². The van der Waals surface area contributed by atoms with E-state index < -0.39 is 0 Å². The Morgan fingerprint density at radius 3 is 2.50 bits per heavy atom. The molecule has 0 radical (unpaired) electrons. The lowest BCUT2D eigenvalue weighted by atomic mass is 10.0. The zero-order valence-corrected chi connectivity index (χ0v) is 9.28. The summed E-state index contributed by atoms with van der Waals surface area (Å²) in [6.45, 7) is 6.34. The van der Waals surface area contributed by atoms with Crippen molar-refractivity contribution in [1.82, 2.24) is 4.90 Å². The predicted octanol–water partition coefficient (Wildman–Crippen LogP) is 2.91. The fourth-order valence-corrected chi connectivity index (χ4v) is 1.61. The molecule has 0 unspecified atom stereocenters. The van der Waals surface area contributed by atoms with Gasteiger partial charge in [0.05, 0.1) is 5.56 Å². The van der Waals surface area contributed by atoms with Crippen molar-refractivity contribution in [3.8, 4) is 5.75 Å². The predicted molar refractivity (Wildman–Crippen MR) is 64.6 cm³/mol. The van der Waals surface area contributed by atoms with Gasteiger partial charge in [-0.25, -0.2) is 0 Å². The van der Waals surface area contributed by atoms with E-state index in [1.807, 2.05) is 39.0 Å². The molecule has 0 saturated heterocycles. The SMILES string of the molecule is C.CC(C)(C)N1COc2ccccc2C1=O. The van der Waals surface area contributed by atoms with E-state index in [1.54, 1.807) is 11.0 Å². The number of nitrogens with zero attached hydrogens (tertiary/aromatic N) is 1. The van der Waals surface area contributed by atoms with Crippen LogP contribution in [0.2, 0.25) is 0 Å². The summed E-state index contributed by atoms with van der Waals surface area (Å²) < 4.78 is 5.54. The van der Waals surface area contributed by atoms with Crippen LogP contribution in [0, 0.1) is 0 Å². The van der Waals surface area contributed by atoms with Gasteiger partial charge in [0.15, 0.2) is 6.73 Å². The van der Waals surface area contributed by atoms with Crippen molar-refractivity contribution in [2.24, 2.45) is 0 Å². The molecule has 16 heavy (non-hydrogen) atoms. The van der Waals surface area contributed by atoms with Crippen molar-refractivity contribution < 1.29 is 9.53 Å². The van der Waals surface area contributed by atoms with Crippen LogP contribution < -0.4 is 4.74 Å². The second-order valence-electron chi connectivity index (χ2n) is 4.67. The molecule has 0 spiro atoms. The molecular weight excluding hydrogens is 202 g/mol. The molecular formula is C13H19NO2. The largest absolute Gasteiger partial charge is 0.472 e. The maximum Gasteiger partial charge on any atom is 0.260 e. The number of benzene rings is 1. The molecule has 0 N–H and O–H groups in total. The zero-order chi connectivity index (χ0) is 11.1. The first-order valence-corrected chi connectivity index (χ1v) is 5.04. The minimum Gasteiger partial charge on any atom is -0.472 e. The van der Waals surface area contributed by atoms with Crippen LogP contribution in [0.1, 0.15) is 38.6 Å². The fourth-order valence-electron chi connectivity index (χ4n) is 1.61. The van der Waals surface area contributed by atoms with Crippen molar-refractivity contribution in [2.75, 3.05) is 6.73 Å². The second kappa shape index (κ2) is 4.16. The number of hydrogen-bond donors (Lipinski definition) is 0. The minimum absolute atomic E-state index is 0. The van der Waals surface area contributed by atoms with Crippen molar-refractivity contribution in [3.05, 3.63) is 29.8 Å². The van der Waals surface area contributed by atoms with Gasteiger partial charge in [0.1, 0.15) is 5.75 Å². The first kappa shape index (κ1) is 12.6. The van der Waals surface area contributed by atoms with E-state index in [2.05, 4.69) is 0 Å². The molecule has 0 bridgehead atoms. The zero-order valence-electron chi connectivity index (χ0n) is 9.28. The molecule has 88 valence electrons. The van der Waals surface area contributed by atoms with E-state index in [4.69, 9.17) is 4.74 Å². The Kier molecular flexibility index (Phi) is 3.27. The summed E-state index contributed by atoms with van der Waals surface area (Å²) in [7, 11) is 0. The topological polar surface area (TPSA) is 29.5 Å². The Hall–Kier alpha value is -1.51. The van der Waals surface area contributed by atoms with Gasteiger partial charge in [-0.2, -0.15) is 0 Å². The molecule has 1 aromatic rings. The van der Waals surface area contributed by atoms with Crippen molar-refractivity contribution in [2.45, 2.75) is 33.7 Å². The Labute approximate surface area is 97.0 Å². The van der Waals surface area contributed by atoms with Crippen LogP contribution in [0.5, 0.6) is 5.75 Å². The molecule has 3 heteroatoms. The molecule has 0 fully saturated rings. The van der Waals surface area contributed by atoms with Gasteiger partial charge in [-0.3, -0.25) is 4.79 Å². The van der Waals surface area contributed by atoms with Crippen LogP contribution in [0.3, 0.4) is 0 Å². The van der Waals surface area contributed by atoms with Crippen molar-refractivity contribution in [1.29, 1.82) is 0 Å². The summed E-state index contributed by atoms with van der Waals surface area (Å²) in [4.78, 5) is 13.8. The maximum absolute atomic E-state index is 12.1. The average molecular weight is 221 g/mol. The minimum atomic E-state index is -0.204. The summed E-state index contributed by atoms with van der Waals surface area (Å²) in [5.74, 6) is 0.729. The van der Waals surface area contributed by atoms with E-state index in [-0.39, 0.29) is 18.9 Å². The van der Waals surface area contributed by atoms with E-state index >= 15 is 0 Å². The molecule has 0 aliphatic carbocycles. The molecule has 0 aromatic heterocycles. The van der Waals surface area contributed by atoms with Gasteiger partial charge in [-0.05, 0) is 32.9 Å². The number of rotatable bonds is 0. The Balaban J connectivity index is 0.00000128. The smallest absolute Gasteiger partial charge is 0.260 e. The van der Waals surface area contributed by atoms with E-state index in [1.165, 1.54) is 0 Å². The lowest BCUT2D eigenvalue weighted by Gasteiger charge is -2.38. The third-order valence-electron chi connectivity index (χ3n) is 2.52. The average Bonchev–Trinajstić information content (AvgIpc) is 2.16. The van der Waals surface area contributed by atoms with Crippen LogP contribution in [0.4, 0.5) is 0 Å². The number of hydrogen-bond acceptors (Lipinski definition) is 2. The highest BCUT2D eigenvalue weighted by atomic mass is 16.5. The van der Waals surface area contributed by atoms with Crippen molar-refractivity contribution in [3.63, 3.8) is 0 Å². The normalized spacial score (nSPS) is 14.9. The van der Waals surface area contributed by atoms with E-state index in [0.717, 1.165) is 0 Å². The van der Waals surface area contributed by atoms with Gasteiger partial charge in [0.2, 0.25) is 0 Å². The first-order valence-electron chi connectivity index (χ1n) is 5.04. The lowest BCUT2D eigenvalue weighted by Crippen LogP contribution is -2.49. The molecule has 1 aromatic carbocycles. The van der Waals surface area contributed by atoms with Gasteiger partial charge in [0, 0.05) is 5.54 Å². The van der Waals surface area contributed by atoms with Gasteiger partial charge in [-0.1, -0.05) is 19.6 Å². The summed E-state index contributed by atoms with van der Waals surface area (Å²) >= 11 is 0. The molecule has 1 heterocycles. The van der Waals surface area contributed by atoms with Crippen LogP contribution in [-0.4, -0.2) is 23.1 Å². The number of ether oxygens (including phenoxy) is 1. The third-order valence-corrected chi connectivity index (χ3v) is 2.52. The molecule has 0 saturated carbocycles. The molecule has 1 aliphatic heterocycles. The van der Waals surface area contributed by atoms with E-state index in [9.17, 15) is 4.79 Å². The molecule has 1 amide bonds. The molecule has 1 aliphatic rings. The van der Waals surface area contributed by atoms with Crippen molar-refractivity contribution >= 4 is 5.91 Å². The quantitative estimate of drug-likeness (QED) is 0.674. The van der Waals surface area contributed by atoms with Gasteiger partial charge in [-0.15, -0.1) is 0 Å². The first-order chi connectivity index (χ1) is 7.00. The van der Waals surface area contributed by atoms with Crippen LogP contribution >= 0.6 is 0 Å². The highest BCUT2D eigenvalue weighted by molar-refractivity contribution is 5.98. The molecule has 2 rings (SSSR count). The third kappa shape index (κ3) is 2.03. The number of fused-ring (bicyclic) bond motifs is 1. The van der Waals surface area contributed by atoms with Gasteiger partial charge < -0.3 is 9.64 Å². The summed E-state index contributed by atoms with van der Waals surface area (Å²) in [6, 6.07) is 7.36. The number of amides is 1. The monoisotopic (exact) mass is 221 g/mol. The molecule has 0 atom stereocenters. The Morgan fingerprint density at radius 2 is 1.88 bits per heavy atom. The number of carbonyl (C=O) groups is 1. The second-order valence-corrected chi connectivity index (χ2v) is 4.67. The van der Waals surface area contributed by atoms with E-state index in [0.29, 0.717) is 18.0 Å². The summed E-state index contributed by atoms with van der Waals surface area (Å²) in [5.41, 5.74) is 0.448. The summed E-state index contributed by atoms with van der Waals surface area (Å²) in [5, 5.41) is 0. The highest BCUT2D eigenvalue weighted by Gasteiger charge is 2.32. The Bertz CT molecular complexity index is 393. The van der Waals surface area contributed by atoms with Crippen LogP contribution in [0.25, 0.3) is 0 Å². The highest BCUT2D eigenvalue weighted by Crippen LogP contribution is 2.28. The number of carbonyl (C=O) groups excluding carboxylic acids is 1. The standard InChI is InChI=1S/C12H15NO2.CH4/c1-12(2,3)13-8-15-10-7-5-4-6-9(10)11(13)14;/h4-7H,8H2,1-3H3;1H4. The van der Waals surface area contributed by atoms with Gasteiger partial charge in [0.25, 0.3) is 5.91 Å². The Morgan fingerprint density at radius 1 is 1.25 bits per heavy atom. The molecule has 3 nitrogen and oxygen atoms in total. The summed E-state index contributed by atoms with van der Waals surface area (Å²) in [6.07, 6.45) is 0. The maximum atomic E-state index is 12.1. The van der Waals surface area contributed by atoms with Gasteiger partial charge >= 0.3 is 0 Å². The fraction of sp³-hybridized carbons (Fsp3) is 0.462.